The molecule has 1 aliphatic heterocycles. The SMILES string of the molecule is CCOC(=O)C1=C(C)Nc2ncnn2C1c1c(OCC)ccc2ccccc12. The summed E-state index contributed by atoms with van der Waals surface area (Å²) in [4.78, 5) is 17.2. The Morgan fingerprint density at radius 2 is 2.00 bits per heavy atom. The lowest BCUT2D eigenvalue weighted by Crippen LogP contribution is -2.30. The van der Waals surface area contributed by atoms with Gasteiger partial charge in [-0.25, -0.2) is 9.48 Å². The Kier molecular flexibility index (Phi) is 4.73. The van der Waals surface area contributed by atoms with Crippen molar-refractivity contribution in [1.82, 2.24) is 14.8 Å². The number of fused-ring (bicyclic) bond motifs is 2. The van der Waals surface area contributed by atoms with Crippen LogP contribution in [-0.4, -0.2) is 33.9 Å². The molecule has 0 saturated heterocycles. The number of anilines is 1. The maximum absolute atomic E-state index is 12.9. The first-order valence-electron chi connectivity index (χ1n) is 9.34. The van der Waals surface area contributed by atoms with E-state index in [2.05, 4.69) is 15.4 Å². The van der Waals surface area contributed by atoms with Gasteiger partial charge in [-0.1, -0.05) is 30.3 Å². The van der Waals surface area contributed by atoms with Gasteiger partial charge in [0.1, 0.15) is 18.1 Å². The predicted octanol–water partition coefficient (Wildman–Crippen LogP) is 3.68. The van der Waals surface area contributed by atoms with Crippen molar-refractivity contribution in [2.75, 3.05) is 18.5 Å². The molecule has 0 saturated carbocycles. The zero-order valence-electron chi connectivity index (χ0n) is 16.1. The fraction of sp³-hybridized carbons (Fsp3) is 0.286. The number of hydrogen-bond donors (Lipinski definition) is 1. The van der Waals surface area contributed by atoms with Gasteiger partial charge in [0.2, 0.25) is 5.95 Å². The summed E-state index contributed by atoms with van der Waals surface area (Å²) in [5.74, 6) is 0.907. The van der Waals surface area contributed by atoms with E-state index in [1.807, 2.05) is 50.2 Å². The Balaban J connectivity index is 2.03. The van der Waals surface area contributed by atoms with Gasteiger partial charge in [0.15, 0.2) is 0 Å². The molecular formula is C21H22N4O3. The summed E-state index contributed by atoms with van der Waals surface area (Å²) in [5, 5.41) is 9.61. The van der Waals surface area contributed by atoms with Crippen LogP contribution in [0.25, 0.3) is 10.8 Å². The largest absolute Gasteiger partial charge is 0.493 e. The third kappa shape index (κ3) is 2.89. The Morgan fingerprint density at radius 3 is 2.79 bits per heavy atom. The molecule has 0 bridgehead atoms. The Morgan fingerprint density at radius 1 is 1.18 bits per heavy atom. The molecule has 7 heteroatoms. The van der Waals surface area contributed by atoms with Crippen molar-refractivity contribution < 1.29 is 14.3 Å². The predicted molar refractivity (Wildman–Crippen MR) is 106 cm³/mol. The van der Waals surface area contributed by atoms with Gasteiger partial charge in [-0.15, -0.1) is 0 Å². The second kappa shape index (κ2) is 7.34. The Hall–Kier alpha value is -3.35. The zero-order valence-corrected chi connectivity index (χ0v) is 16.1. The van der Waals surface area contributed by atoms with Gasteiger partial charge in [-0.2, -0.15) is 10.1 Å². The fourth-order valence-corrected chi connectivity index (χ4v) is 3.67. The monoisotopic (exact) mass is 378 g/mol. The number of allylic oxidation sites excluding steroid dienone is 1. The van der Waals surface area contributed by atoms with Gasteiger partial charge in [-0.05, 0) is 37.6 Å². The van der Waals surface area contributed by atoms with Crippen LogP contribution in [0.1, 0.15) is 32.4 Å². The molecular weight excluding hydrogens is 356 g/mol. The van der Waals surface area contributed by atoms with Crippen molar-refractivity contribution in [3.05, 3.63) is 59.6 Å². The van der Waals surface area contributed by atoms with E-state index in [0.29, 0.717) is 36.2 Å². The lowest BCUT2D eigenvalue weighted by atomic mass is 9.90. The summed E-state index contributed by atoms with van der Waals surface area (Å²) < 4.78 is 13.0. The lowest BCUT2D eigenvalue weighted by molar-refractivity contribution is -0.139. The second-order valence-electron chi connectivity index (χ2n) is 6.45. The summed E-state index contributed by atoms with van der Waals surface area (Å²) in [7, 11) is 0. The van der Waals surface area contributed by atoms with Crippen LogP contribution in [0, 0.1) is 0 Å². The average molecular weight is 378 g/mol. The third-order valence-corrected chi connectivity index (χ3v) is 4.79. The standard InChI is InChI=1S/C21H22N4O3/c1-4-27-16-11-10-14-8-6-7-9-15(14)18(16)19-17(20(26)28-5-2)13(3)24-21-22-12-23-25(19)21/h6-12,19H,4-5H2,1-3H3,(H,22,23,24). The van der Waals surface area contributed by atoms with E-state index in [4.69, 9.17) is 9.47 Å². The maximum atomic E-state index is 12.9. The summed E-state index contributed by atoms with van der Waals surface area (Å²) in [6, 6.07) is 11.5. The van der Waals surface area contributed by atoms with Gasteiger partial charge in [-0.3, -0.25) is 0 Å². The van der Waals surface area contributed by atoms with Crippen LogP contribution in [0.15, 0.2) is 54.0 Å². The highest BCUT2D eigenvalue weighted by Gasteiger charge is 2.37. The van der Waals surface area contributed by atoms with Crippen LogP contribution in [0.3, 0.4) is 0 Å². The normalized spacial score (nSPS) is 15.9. The summed E-state index contributed by atoms with van der Waals surface area (Å²) in [5.41, 5.74) is 2.06. The van der Waals surface area contributed by atoms with E-state index in [1.54, 1.807) is 11.6 Å². The molecule has 28 heavy (non-hydrogen) atoms. The molecule has 144 valence electrons. The first kappa shape index (κ1) is 18.0. The van der Waals surface area contributed by atoms with Gasteiger partial charge >= 0.3 is 5.97 Å². The van der Waals surface area contributed by atoms with Crippen molar-refractivity contribution in [2.24, 2.45) is 0 Å². The van der Waals surface area contributed by atoms with Gasteiger partial charge in [0, 0.05) is 11.3 Å². The Labute approximate surface area is 163 Å². The molecule has 0 spiro atoms. The topological polar surface area (TPSA) is 78.3 Å². The van der Waals surface area contributed by atoms with Gasteiger partial charge in [0.05, 0.1) is 18.8 Å². The number of aromatic nitrogens is 3. The number of esters is 1. The van der Waals surface area contributed by atoms with Crippen LogP contribution in [0.2, 0.25) is 0 Å². The average Bonchev–Trinajstić information content (AvgIpc) is 3.15. The molecule has 2 heterocycles. The van der Waals surface area contributed by atoms with Crippen LogP contribution >= 0.6 is 0 Å². The molecule has 1 aromatic heterocycles. The third-order valence-electron chi connectivity index (χ3n) is 4.79. The number of ether oxygens (including phenoxy) is 2. The highest BCUT2D eigenvalue weighted by atomic mass is 16.5. The van der Waals surface area contributed by atoms with Crippen molar-refractivity contribution >= 4 is 22.7 Å². The number of nitrogens with one attached hydrogen (secondary N) is 1. The van der Waals surface area contributed by atoms with Crippen molar-refractivity contribution in [1.29, 1.82) is 0 Å². The van der Waals surface area contributed by atoms with E-state index < -0.39 is 6.04 Å². The number of rotatable bonds is 5. The van der Waals surface area contributed by atoms with E-state index in [9.17, 15) is 4.79 Å². The summed E-state index contributed by atoms with van der Waals surface area (Å²) in [6.45, 7) is 6.39. The smallest absolute Gasteiger partial charge is 0.338 e. The number of benzene rings is 2. The number of hydrogen-bond acceptors (Lipinski definition) is 6. The van der Waals surface area contributed by atoms with Crippen molar-refractivity contribution in [3.63, 3.8) is 0 Å². The minimum Gasteiger partial charge on any atom is -0.493 e. The Bertz CT molecular complexity index is 1070. The molecule has 0 fully saturated rings. The summed E-state index contributed by atoms with van der Waals surface area (Å²) >= 11 is 0. The molecule has 1 aliphatic rings. The molecule has 2 aromatic carbocycles. The minimum absolute atomic E-state index is 0.292. The fourth-order valence-electron chi connectivity index (χ4n) is 3.67. The van der Waals surface area contributed by atoms with Crippen LogP contribution < -0.4 is 10.1 Å². The van der Waals surface area contributed by atoms with E-state index in [0.717, 1.165) is 16.3 Å². The summed E-state index contributed by atoms with van der Waals surface area (Å²) in [6.07, 6.45) is 1.47. The highest BCUT2D eigenvalue weighted by molar-refractivity contribution is 5.96. The molecule has 0 amide bonds. The molecule has 3 aromatic rings. The molecule has 0 aliphatic carbocycles. The van der Waals surface area contributed by atoms with Gasteiger partial charge in [0.25, 0.3) is 0 Å². The molecule has 1 unspecified atom stereocenters. The van der Waals surface area contributed by atoms with Gasteiger partial charge < -0.3 is 14.8 Å². The maximum Gasteiger partial charge on any atom is 0.338 e. The molecule has 7 nitrogen and oxygen atoms in total. The first-order valence-corrected chi connectivity index (χ1v) is 9.34. The van der Waals surface area contributed by atoms with E-state index in [1.165, 1.54) is 6.33 Å². The lowest BCUT2D eigenvalue weighted by Gasteiger charge is -2.30. The minimum atomic E-state index is -0.509. The van der Waals surface area contributed by atoms with Crippen molar-refractivity contribution in [2.45, 2.75) is 26.8 Å². The van der Waals surface area contributed by atoms with Crippen LogP contribution in [-0.2, 0) is 9.53 Å². The number of carbonyl (C=O) groups is 1. The molecule has 4 rings (SSSR count). The first-order chi connectivity index (χ1) is 13.7. The van der Waals surface area contributed by atoms with E-state index >= 15 is 0 Å². The van der Waals surface area contributed by atoms with Crippen LogP contribution in [0.5, 0.6) is 5.75 Å². The quantitative estimate of drug-likeness (QED) is 0.683. The van der Waals surface area contributed by atoms with E-state index in [-0.39, 0.29) is 5.97 Å². The highest BCUT2D eigenvalue weighted by Crippen LogP contribution is 2.42. The zero-order chi connectivity index (χ0) is 19.7. The number of carbonyl (C=O) groups excluding carboxylic acids is 1. The molecule has 0 radical (unpaired) electrons. The molecule has 1 N–H and O–H groups in total. The van der Waals surface area contributed by atoms with Crippen molar-refractivity contribution in [3.8, 4) is 5.75 Å². The number of nitrogens with zero attached hydrogens (tertiary/aromatic N) is 3. The molecule has 1 atom stereocenters. The second-order valence-corrected chi connectivity index (χ2v) is 6.45. The van der Waals surface area contributed by atoms with Crippen LogP contribution in [0.4, 0.5) is 5.95 Å².